The number of hydrogen-bond acceptors (Lipinski definition) is 5. The van der Waals surface area contributed by atoms with E-state index < -0.39 is 5.91 Å². The maximum Gasteiger partial charge on any atom is 0.255 e. The van der Waals surface area contributed by atoms with Crippen LogP contribution < -0.4 is 15.2 Å². The quantitative estimate of drug-likeness (QED) is 0.789. The molecule has 1 aliphatic rings. The Morgan fingerprint density at radius 3 is 2.71 bits per heavy atom. The number of carbonyl (C=O) groups excluding carboxylic acids is 2. The summed E-state index contributed by atoms with van der Waals surface area (Å²) in [5.41, 5.74) is 6.12. The molecule has 2 amide bonds. The van der Waals surface area contributed by atoms with Crippen LogP contribution in [-0.2, 0) is 16.1 Å². The predicted molar refractivity (Wildman–Crippen MR) is 89.8 cm³/mol. The van der Waals surface area contributed by atoms with Gasteiger partial charge in [0.2, 0.25) is 5.91 Å². The van der Waals surface area contributed by atoms with Crippen LogP contribution in [0.15, 0.2) is 18.2 Å². The van der Waals surface area contributed by atoms with E-state index in [1.807, 2.05) is 26.1 Å². The lowest BCUT2D eigenvalue weighted by atomic mass is 10.1. The molecule has 0 aliphatic carbocycles. The van der Waals surface area contributed by atoms with Crippen molar-refractivity contribution in [2.45, 2.75) is 25.9 Å². The second kappa shape index (κ2) is 8.01. The monoisotopic (exact) mass is 335 g/mol. The van der Waals surface area contributed by atoms with Crippen LogP contribution in [0, 0.1) is 0 Å². The third-order valence-corrected chi connectivity index (χ3v) is 4.20. The highest BCUT2D eigenvalue weighted by Gasteiger charge is 2.31. The Balaban J connectivity index is 2.11. The SMILES string of the molecule is CC[C@@H]1C(=O)N(C)CCN1Cc1ccc(OCC(N)=O)c(OC)c1. The van der Waals surface area contributed by atoms with E-state index in [0.717, 1.165) is 25.1 Å². The minimum absolute atomic E-state index is 0.0967. The van der Waals surface area contributed by atoms with Gasteiger partial charge in [0.15, 0.2) is 18.1 Å². The fraction of sp³-hybridized carbons (Fsp3) is 0.529. The number of ether oxygens (including phenoxy) is 2. The fourth-order valence-corrected chi connectivity index (χ4v) is 2.89. The van der Waals surface area contributed by atoms with Gasteiger partial charge in [-0.25, -0.2) is 0 Å². The molecule has 2 rings (SSSR count). The molecule has 1 heterocycles. The standard InChI is InChI=1S/C17H25N3O4/c1-4-13-17(22)19(2)7-8-20(13)10-12-5-6-14(15(9-12)23-3)24-11-16(18)21/h5-6,9,13H,4,7-8,10-11H2,1-3H3,(H2,18,21)/t13-/m1/s1. The van der Waals surface area contributed by atoms with Crippen LogP contribution in [0.3, 0.4) is 0 Å². The summed E-state index contributed by atoms with van der Waals surface area (Å²) in [6.07, 6.45) is 0.778. The van der Waals surface area contributed by atoms with Crippen molar-refractivity contribution in [1.29, 1.82) is 0 Å². The second-order valence-electron chi connectivity index (χ2n) is 5.89. The lowest BCUT2D eigenvalue weighted by molar-refractivity contribution is -0.140. The van der Waals surface area contributed by atoms with Crippen molar-refractivity contribution in [2.75, 3.05) is 33.9 Å². The van der Waals surface area contributed by atoms with E-state index in [9.17, 15) is 9.59 Å². The molecule has 1 saturated heterocycles. The van der Waals surface area contributed by atoms with Crippen molar-refractivity contribution in [3.05, 3.63) is 23.8 Å². The first-order valence-corrected chi connectivity index (χ1v) is 8.03. The normalized spacial score (nSPS) is 18.5. The Bertz CT molecular complexity index is 605. The summed E-state index contributed by atoms with van der Waals surface area (Å²) in [6, 6.07) is 5.44. The van der Waals surface area contributed by atoms with Crippen LogP contribution in [0.1, 0.15) is 18.9 Å². The van der Waals surface area contributed by atoms with Gasteiger partial charge in [0.25, 0.3) is 5.91 Å². The van der Waals surface area contributed by atoms with E-state index in [1.165, 1.54) is 0 Å². The van der Waals surface area contributed by atoms with Crippen molar-refractivity contribution in [1.82, 2.24) is 9.80 Å². The van der Waals surface area contributed by atoms with Crippen LogP contribution in [-0.4, -0.2) is 61.5 Å². The predicted octanol–water partition coefficient (Wildman–Crippen LogP) is 0.612. The van der Waals surface area contributed by atoms with Gasteiger partial charge >= 0.3 is 0 Å². The van der Waals surface area contributed by atoms with Crippen LogP contribution in [0.25, 0.3) is 0 Å². The van der Waals surface area contributed by atoms with Crippen LogP contribution in [0.4, 0.5) is 0 Å². The van der Waals surface area contributed by atoms with E-state index in [0.29, 0.717) is 18.0 Å². The highest BCUT2D eigenvalue weighted by Crippen LogP contribution is 2.29. The average molecular weight is 335 g/mol. The molecule has 2 N–H and O–H groups in total. The summed E-state index contributed by atoms with van der Waals surface area (Å²) in [5.74, 6) is 0.642. The van der Waals surface area contributed by atoms with Crippen molar-refractivity contribution in [2.24, 2.45) is 5.73 Å². The van der Waals surface area contributed by atoms with Gasteiger partial charge in [0, 0.05) is 26.7 Å². The zero-order chi connectivity index (χ0) is 17.7. The number of likely N-dealkylation sites (N-methyl/N-ethyl adjacent to an activating group) is 1. The Kier molecular flexibility index (Phi) is 6.03. The van der Waals surface area contributed by atoms with Gasteiger partial charge in [-0.1, -0.05) is 13.0 Å². The van der Waals surface area contributed by atoms with Crippen LogP contribution in [0.2, 0.25) is 0 Å². The Labute approximate surface area is 142 Å². The smallest absolute Gasteiger partial charge is 0.255 e. The minimum atomic E-state index is -0.539. The number of nitrogens with zero attached hydrogens (tertiary/aromatic N) is 2. The maximum absolute atomic E-state index is 12.3. The molecule has 0 spiro atoms. The number of hydrogen-bond donors (Lipinski definition) is 1. The largest absolute Gasteiger partial charge is 0.493 e. The molecule has 1 aromatic carbocycles. The van der Waals surface area contributed by atoms with Gasteiger partial charge in [0.05, 0.1) is 13.2 Å². The number of amides is 2. The Hall–Kier alpha value is -2.28. The van der Waals surface area contributed by atoms with Gasteiger partial charge in [-0.15, -0.1) is 0 Å². The molecule has 1 aliphatic heterocycles. The third-order valence-electron chi connectivity index (χ3n) is 4.20. The average Bonchev–Trinajstić information content (AvgIpc) is 2.57. The fourth-order valence-electron chi connectivity index (χ4n) is 2.89. The first-order valence-electron chi connectivity index (χ1n) is 8.03. The number of piperazine rings is 1. The van der Waals surface area contributed by atoms with E-state index in [2.05, 4.69) is 4.90 Å². The molecule has 0 radical (unpaired) electrons. The van der Waals surface area contributed by atoms with Crippen molar-refractivity contribution >= 4 is 11.8 Å². The zero-order valence-corrected chi connectivity index (χ0v) is 14.4. The zero-order valence-electron chi connectivity index (χ0n) is 14.4. The first-order chi connectivity index (χ1) is 11.5. The van der Waals surface area contributed by atoms with E-state index in [4.69, 9.17) is 15.2 Å². The molecule has 1 fully saturated rings. The van der Waals surface area contributed by atoms with Gasteiger partial charge < -0.3 is 20.1 Å². The Morgan fingerprint density at radius 1 is 1.33 bits per heavy atom. The molecule has 1 atom stereocenters. The molecule has 24 heavy (non-hydrogen) atoms. The van der Waals surface area contributed by atoms with Gasteiger partial charge in [-0.3, -0.25) is 14.5 Å². The number of benzene rings is 1. The molecule has 132 valence electrons. The molecule has 0 aromatic heterocycles. The lowest BCUT2D eigenvalue weighted by Crippen LogP contribution is -2.54. The molecule has 0 saturated carbocycles. The van der Waals surface area contributed by atoms with Crippen LogP contribution >= 0.6 is 0 Å². The molecule has 7 heteroatoms. The van der Waals surface area contributed by atoms with E-state index in [-0.39, 0.29) is 18.6 Å². The van der Waals surface area contributed by atoms with E-state index in [1.54, 1.807) is 18.1 Å². The van der Waals surface area contributed by atoms with E-state index >= 15 is 0 Å². The maximum atomic E-state index is 12.3. The summed E-state index contributed by atoms with van der Waals surface area (Å²) in [4.78, 5) is 27.1. The number of rotatable bonds is 7. The summed E-state index contributed by atoms with van der Waals surface area (Å²) < 4.78 is 10.7. The molecule has 7 nitrogen and oxygen atoms in total. The lowest BCUT2D eigenvalue weighted by Gasteiger charge is -2.38. The highest BCUT2D eigenvalue weighted by atomic mass is 16.5. The third kappa shape index (κ3) is 4.17. The molecular formula is C17H25N3O4. The topological polar surface area (TPSA) is 85.1 Å². The van der Waals surface area contributed by atoms with Crippen molar-refractivity contribution in [3.8, 4) is 11.5 Å². The molecule has 1 aromatic rings. The van der Waals surface area contributed by atoms with Gasteiger partial charge in [-0.2, -0.15) is 0 Å². The summed E-state index contributed by atoms with van der Waals surface area (Å²) in [5, 5.41) is 0. The second-order valence-corrected chi connectivity index (χ2v) is 5.89. The number of primary amides is 1. The van der Waals surface area contributed by atoms with Gasteiger partial charge in [0.1, 0.15) is 0 Å². The summed E-state index contributed by atoms with van der Waals surface area (Å²) >= 11 is 0. The van der Waals surface area contributed by atoms with Gasteiger partial charge in [-0.05, 0) is 24.1 Å². The highest BCUT2D eigenvalue weighted by molar-refractivity contribution is 5.82. The molecular weight excluding hydrogens is 310 g/mol. The Morgan fingerprint density at radius 2 is 2.08 bits per heavy atom. The van der Waals surface area contributed by atoms with Crippen molar-refractivity contribution < 1.29 is 19.1 Å². The number of carbonyl (C=O) groups is 2. The summed E-state index contributed by atoms with van der Waals surface area (Å²) in [7, 11) is 3.39. The van der Waals surface area contributed by atoms with Crippen LogP contribution in [0.5, 0.6) is 11.5 Å². The van der Waals surface area contributed by atoms with Crippen molar-refractivity contribution in [3.63, 3.8) is 0 Å². The molecule has 0 bridgehead atoms. The number of methoxy groups -OCH3 is 1. The first kappa shape index (κ1) is 18.1. The summed E-state index contributed by atoms with van der Waals surface area (Å²) in [6.45, 7) is 4.05. The molecule has 0 unspecified atom stereocenters. The number of nitrogens with two attached hydrogens (primary N) is 1. The minimum Gasteiger partial charge on any atom is -0.493 e.